The molecule has 6 heteroatoms. The molecule has 1 aliphatic rings. The first-order valence-electron chi connectivity index (χ1n) is 7.55. The monoisotopic (exact) mass is 316 g/mol. The van der Waals surface area contributed by atoms with Crippen molar-refractivity contribution in [1.82, 2.24) is 19.8 Å². The molecule has 2 aromatic rings. The molecule has 1 aliphatic heterocycles. The first kappa shape index (κ1) is 15.1. The number of nitrogens with zero attached hydrogens (tertiary/aromatic N) is 4. The summed E-state index contributed by atoms with van der Waals surface area (Å²) in [5.74, 6) is -0.00888. The van der Waals surface area contributed by atoms with Crippen LogP contribution in [-0.4, -0.2) is 58.4 Å². The van der Waals surface area contributed by atoms with Crippen LogP contribution < -0.4 is 0 Å². The van der Waals surface area contributed by atoms with Crippen LogP contribution in [0.1, 0.15) is 21.1 Å². The van der Waals surface area contributed by atoms with Gasteiger partial charge in [-0.05, 0) is 24.8 Å². The summed E-state index contributed by atoms with van der Waals surface area (Å²) < 4.78 is 0. The molecule has 0 atom stereocenters. The van der Waals surface area contributed by atoms with Gasteiger partial charge in [-0.15, -0.1) is 11.3 Å². The summed E-state index contributed by atoms with van der Waals surface area (Å²) in [7, 11) is 0. The van der Waals surface area contributed by atoms with Crippen LogP contribution >= 0.6 is 11.3 Å². The number of thiophene rings is 1. The lowest BCUT2D eigenvalue weighted by atomic mass is 10.2. The minimum Gasteiger partial charge on any atom is -0.335 e. The lowest BCUT2D eigenvalue weighted by Gasteiger charge is -2.34. The van der Waals surface area contributed by atoms with Gasteiger partial charge >= 0.3 is 0 Å². The van der Waals surface area contributed by atoms with E-state index in [1.165, 1.54) is 4.88 Å². The van der Waals surface area contributed by atoms with E-state index in [0.29, 0.717) is 5.69 Å². The van der Waals surface area contributed by atoms with E-state index in [1.54, 1.807) is 12.4 Å². The fourth-order valence-corrected chi connectivity index (χ4v) is 3.26. The Balaban J connectivity index is 1.48. The summed E-state index contributed by atoms with van der Waals surface area (Å²) in [6.45, 7) is 6.31. The van der Waals surface area contributed by atoms with Crippen LogP contribution in [0.2, 0.25) is 0 Å². The zero-order valence-electron chi connectivity index (χ0n) is 12.7. The van der Waals surface area contributed by atoms with E-state index in [9.17, 15) is 4.79 Å². The normalized spacial score (nSPS) is 16.0. The fraction of sp³-hybridized carbons (Fsp3) is 0.438. The van der Waals surface area contributed by atoms with Crippen LogP contribution in [-0.2, 0) is 6.42 Å². The van der Waals surface area contributed by atoms with Gasteiger partial charge in [-0.2, -0.15) is 0 Å². The van der Waals surface area contributed by atoms with Crippen molar-refractivity contribution in [2.75, 3.05) is 32.7 Å². The highest BCUT2D eigenvalue weighted by Gasteiger charge is 2.22. The van der Waals surface area contributed by atoms with Gasteiger partial charge in [0.2, 0.25) is 0 Å². The zero-order chi connectivity index (χ0) is 15.4. The first-order valence-corrected chi connectivity index (χ1v) is 8.43. The number of aryl methyl sites for hydroxylation is 1. The summed E-state index contributed by atoms with van der Waals surface area (Å²) in [5, 5.41) is 2.12. The molecular weight excluding hydrogens is 296 g/mol. The lowest BCUT2D eigenvalue weighted by Crippen LogP contribution is -2.49. The van der Waals surface area contributed by atoms with E-state index in [2.05, 4.69) is 32.4 Å². The van der Waals surface area contributed by atoms with Gasteiger partial charge in [-0.25, -0.2) is 4.98 Å². The molecule has 0 spiro atoms. The molecule has 0 aliphatic carbocycles. The quantitative estimate of drug-likeness (QED) is 0.864. The predicted octanol–water partition coefficient (Wildman–Crippen LogP) is 1.85. The van der Waals surface area contributed by atoms with Gasteiger partial charge in [0.05, 0.1) is 11.9 Å². The third-order valence-corrected chi connectivity index (χ3v) is 4.85. The third kappa shape index (κ3) is 3.69. The molecule has 22 heavy (non-hydrogen) atoms. The lowest BCUT2D eigenvalue weighted by molar-refractivity contribution is 0.0632. The second-order valence-electron chi connectivity index (χ2n) is 5.51. The van der Waals surface area contributed by atoms with E-state index in [-0.39, 0.29) is 5.91 Å². The van der Waals surface area contributed by atoms with Crippen LogP contribution in [0, 0.1) is 6.92 Å². The Morgan fingerprint density at radius 3 is 2.68 bits per heavy atom. The Hall–Kier alpha value is -1.79. The molecule has 116 valence electrons. The van der Waals surface area contributed by atoms with E-state index in [1.807, 2.05) is 23.2 Å². The minimum atomic E-state index is -0.00888. The number of hydrogen-bond acceptors (Lipinski definition) is 5. The third-order valence-electron chi connectivity index (χ3n) is 3.91. The number of aromatic nitrogens is 2. The molecule has 0 bridgehead atoms. The fourth-order valence-electron chi connectivity index (χ4n) is 2.56. The molecule has 0 unspecified atom stereocenters. The van der Waals surface area contributed by atoms with Crippen molar-refractivity contribution in [1.29, 1.82) is 0 Å². The highest BCUT2D eigenvalue weighted by Crippen LogP contribution is 2.11. The molecule has 3 heterocycles. The number of amides is 1. The maximum atomic E-state index is 12.4. The second-order valence-corrected chi connectivity index (χ2v) is 6.54. The summed E-state index contributed by atoms with van der Waals surface area (Å²) in [5.41, 5.74) is 1.27. The molecule has 2 aromatic heterocycles. The molecular formula is C16H20N4OS. The SMILES string of the molecule is Cc1cnc(C(=O)N2CCN(CCc3cccs3)CC2)cn1. The number of rotatable bonds is 4. The van der Waals surface area contributed by atoms with Crippen LogP contribution in [0.25, 0.3) is 0 Å². The first-order chi connectivity index (χ1) is 10.7. The van der Waals surface area contributed by atoms with E-state index >= 15 is 0 Å². The molecule has 0 aromatic carbocycles. The van der Waals surface area contributed by atoms with Crippen LogP contribution in [0.5, 0.6) is 0 Å². The largest absolute Gasteiger partial charge is 0.335 e. The van der Waals surface area contributed by atoms with Crippen molar-refractivity contribution < 1.29 is 4.79 Å². The Morgan fingerprint density at radius 1 is 1.23 bits per heavy atom. The van der Waals surface area contributed by atoms with Crippen LogP contribution in [0.3, 0.4) is 0 Å². The van der Waals surface area contributed by atoms with Gasteiger partial charge in [0.1, 0.15) is 5.69 Å². The Bertz CT molecular complexity index is 604. The Kier molecular flexibility index (Phi) is 4.80. The molecule has 1 amide bonds. The average Bonchev–Trinajstić information content (AvgIpc) is 3.07. The van der Waals surface area contributed by atoms with Gasteiger partial charge in [-0.1, -0.05) is 6.07 Å². The standard InChI is InChI=1S/C16H20N4OS/c1-13-11-18-15(12-17-13)16(21)20-8-6-19(7-9-20)5-4-14-3-2-10-22-14/h2-3,10-12H,4-9H2,1H3. The van der Waals surface area contributed by atoms with Crippen molar-refractivity contribution in [3.63, 3.8) is 0 Å². The van der Waals surface area contributed by atoms with Gasteiger partial charge in [-0.3, -0.25) is 14.7 Å². The topological polar surface area (TPSA) is 49.3 Å². The predicted molar refractivity (Wildman–Crippen MR) is 87.1 cm³/mol. The average molecular weight is 316 g/mol. The molecule has 0 radical (unpaired) electrons. The van der Waals surface area contributed by atoms with Gasteiger partial charge in [0, 0.05) is 43.8 Å². The van der Waals surface area contributed by atoms with Crippen molar-refractivity contribution in [2.24, 2.45) is 0 Å². The van der Waals surface area contributed by atoms with Crippen molar-refractivity contribution >= 4 is 17.2 Å². The van der Waals surface area contributed by atoms with Crippen LogP contribution in [0.15, 0.2) is 29.9 Å². The minimum absolute atomic E-state index is 0.00888. The number of hydrogen-bond donors (Lipinski definition) is 0. The van der Waals surface area contributed by atoms with Crippen molar-refractivity contribution in [3.05, 3.63) is 46.2 Å². The zero-order valence-corrected chi connectivity index (χ0v) is 13.6. The second kappa shape index (κ2) is 6.98. The highest BCUT2D eigenvalue weighted by atomic mass is 32.1. The number of carbonyl (C=O) groups excluding carboxylic acids is 1. The molecule has 0 N–H and O–H groups in total. The smallest absolute Gasteiger partial charge is 0.274 e. The van der Waals surface area contributed by atoms with E-state index < -0.39 is 0 Å². The molecule has 3 rings (SSSR count). The van der Waals surface area contributed by atoms with Crippen molar-refractivity contribution in [3.8, 4) is 0 Å². The maximum Gasteiger partial charge on any atom is 0.274 e. The Labute approximate surface area is 134 Å². The van der Waals surface area contributed by atoms with Crippen LogP contribution in [0.4, 0.5) is 0 Å². The van der Waals surface area contributed by atoms with E-state index in [0.717, 1.165) is 44.8 Å². The summed E-state index contributed by atoms with van der Waals surface area (Å²) >= 11 is 1.81. The highest BCUT2D eigenvalue weighted by molar-refractivity contribution is 7.09. The summed E-state index contributed by atoms with van der Waals surface area (Å²) in [6, 6.07) is 4.28. The summed E-state index contributed by atoms with van der Waals surface area (Å²) in [4.78, 5) is 26.4. The molecule has 1 saturated heterocycles. The molecule has 5 nitrogen and oxygen atoms in total. The van der Waals surface area contributed by atoms with Crippen molar-refractivity contribution in [2.45, 2.75) is 13.3 Å². The number of piperazine rings is 1. The number of carbonyl (C=O) groups is 1. The van der Waals surface area contributed by atoms with Gasteiger partial charge < -0.3 is 4.90 Å². The maximum absolute atomic E-state index is 12.4. The van der Waals surface area contributed by atoms with Gasteiger partial charge in [0.25, 0.3) is 5.91 Å². The Morgan fingerprint density at radius 2 is 2.05 bits per heavy atom. The molecule has 1 fully saturated rings. The van der Waals surface area contributed by atoms with E-state index in [4.69, 9.17) is 0 Å². The summed E-state index contributed by atoms with van der Waals surface area (Å²) in [6.07, 6.45) is 4.31. The van der Waals surface area contributed by atoms with Gasteiger partial charge in [0.15, 0.2) is 0 Å². The molecule has 0 saturated carbocycles.